The molecule has 1 aliphatic heterocycles. The predicted molar refractivity (Wildman–Crippen MR) is 63.3 cm³/mol. The van der Waals surface area contributed by atoms with Crippen molar-refractivity contribution in [3.63, 3.8) is 0 Å². The van der Waals surface area contributed by atoms with Gasteiger partial charge in [0.2, 0.25) is 0 Å². The van der Waals surface area contributed by atoms with E-state index < -0.39 is 0 Å². The second-order valence-corrected chi connectivity index (χ2v) is 5.39. The molecule has 1 aromatic heterocycles. The third kappa shape index (κ3) is 3.40. The summed E-state index contributed by atoms with van der Waals surface area (Å²) in [7, 11) is 0. The summed E-state index contributed by atoms with van der Waals surface area (Å²) in [5.41, 5.74) is 0.947. The number of halogens is 1. The van der Waals surface area contributed by atoms with Crippen LogP contribution in [0.2, 0.25) is 4.34 Å². The molecule has 0 atom stereocenters. The highest BCUT2D eigenvalue weighted by atomic mass is 35.5. The molecule has 0 N–H and O–H groups in total. The van der Waals surface area contributed by atoms with Crippen molar-refractivity contribution < 1.29 is 0 Å². The Labute approximate surface area is 99.6 Å². The van der Waals surface area contributed by atoms with E-state index in [-0.39, 0.29) is 0 Å². The first-order valence-electron chi connectivity index (χ1n) is 5.55. The number of hydrogen-bond donors (Lipinski definition) is 0. The lowest BCUT2D eigenvalue weighted by Crippen LogP contribution is -2.27. The molecule has 0 amide bonds. The quantitative estimate of drug-likeness (QED) is 0.802. The summed E-state index contributed by atoms with van der Waals surface area (Å²) in [4.78, 5) is 2.45. The van der Waals surface area contributed by atoms with Crippen LogP contribution in [0.15, 0.2) is 0 Å². The zero-order chi connectivity index (χ0) is 10.5. The second-order valence-electron chi connectivity index (χ2n) is 4.04. The van der Waals surface area contributed by atoms with Gasteiger partial charge in [0.25, 0.3) is 0 Å². The number of hydrogen-bond acceptors (Lipinski definition) is 4. The molecule has 3 nitrogen and oxygen atoms in total. The van der Waals surface area contributed by atoms with Crippen molar-refractivity contribution in [1.29, 1.82) is 0 Å². The van der Waals surface area contributed by atoms with Gasteiger partial charge in [-0.1, -0.05) is 35.4 Å². The third-order valence-corrected chi connectivity index (χ3v) is 3.82. The molecule has 1 aliphatic rings. The Bertz CT molecular complexity index is 295. The van der Waals surface area contributed by atoms with Crippen LogP contribution in [-0.2, 0) is 6.54 Å². The predicted octanol–water partition coefficient (Wildman–Crippen LogP) is 2.96. The summed E-state index contributed by atoms with van der Waals surface area (Å²) in [6.07, 6.45) is 6.72. The number of rotatable bonds is 2. The molecular formula is C10H16ClN3S. The lowest BCUT2D eigenvalue weighted by molar-refractivity contribution is 0.237. The molecule has 2 rings (SSSR count). The van der Waals surface area contributed by atoms with Crippen molar-refractivity contribution in [3.05, 3.63) is 10.0 Å². The third-order valence-electron chi connectivity index (χ3n) is 2.83. The number of nitrogens with zero attached hydrogens (tertiary/aromatic N) is 3. The van der Waals surface area contributed by atoms with Crippen LogP contribution in [0.4, 0.5) is 0 Å². The highest BCUT2D eigenvalue weighted by Crippen LogP contribution is 2.20. The first kappa shape index (κ1) is 11.3. The van der Waals surface area contributed by atoms with E-state index in [9.17, 15) is 0 Å². The number of likely N-dealkylation sites (tertiary alicyclic amines) is 1. The molecule has 84 valence electrons. The van der Waals surface area contributed by atoms with E-state index >= 15 is 0 Å². The van der Waals surface area contributed by atoms with Gasteiger partial charge >= 0.3 is 0 Å². The standard InChI is InChI=1S/C10H16ClN3S/c11-10-9(12-13-15-10)8-14-6-4-2-1-3-5-7-14/h1-8H2. The van der Waals surface area contributed by atoms with Crippen molar-refractivity contribution >= 4 is 23.1 Å². The highest BCUT2D eigenvalue weighted by molar-refractivity contribution is 7.10. The molecule has 5 heteroatoms. The van der Waals surface area contributed by atoms with Crippen LogP contribution >= 0.6 is 23.1 Å². The van der Waals surface area contributed by atoms with Crippen molar-refractivity contribution in [2.75, 3.05) is 13.1 Å². The molecule has 15 heavy (non-hydrogen) atoms. The average Bonchev–Trinajstić information content (AvgIpc) is 2.56. The molecule has 0 saturated carbocycles. The second kappa shape index (κ2) is 5.77. The minimum atomic E-state index is 0.747. The molecule has 0 aromatic carbocycles. The van der Waals surface area contributed by atoms with Crippen LogP contribution in [0.1, 0.15) is 37.8 Å². The average molecular weight is 246 g/mol. The number of aromatic nitrogens is 2. The summed E-state index contributed by atoms with van der Waals surface area (Å²) in [6, 6.07) is 0. The van der Waals surface area contributed by atoms with Crippen molar-refractivity contribution in [2.45, 2.75) is 38.6 Å². The molecule has 2 heterocycles. The summed E-state index contributed by atoms with van der Waals surface area (Å²) >= 11 is 7.28. The van der Waals surface area contributed by atoms with Gasteiger partial charge in [0.15, 0.2) is 0 Å². The Morgan fingerprint density at radius 2 is 1.80 bits per heavy atom. The lowest BCUT2D eigenvalue weighted by atomic mass is 10.1. The summed E-state index contributed by atoms with van der Waals surface area (Å²) < 4.78 is 4.61. The molecule has 0 radical (unpaired) electrons. The van der Waals surface area contributed by atoms with Crippen molar-refractivity contribution in [1.82, 2.24) is 14.5 Å². The minimum absolute atomic E-state index is 0.747. The summed E-state index contributed by atoms with van der Waals surface area (Å²) in [5, 5.41) is 4.06. The van der Waals surface area contributed by atoms with Gasteiger partial charge in [0.1, 0.15) is 10.0 Å². The van der Waals surface area contributed by atoms with Gasteiger partial charge in [-0.05, 0) is 25.9 Å². The van der Waals surface area contributed by atoms with Gasteiger partial charge in [-0.25, -0.2) is 0 Å². The maximum absolute atomic E-state index is 6.00. The Kier molecular flexibility index (Phi) is 4.35. The molecule has 0 unspecified atom stereocenters. The SMILES string of the molecule is Clc1snnc1CN1CCCCCCC1. The fourth-order valence-corrected chi connectivity index (χ4v) is 2.59. The molecule has 1 aromatic rings. The van der Waals surface area contributed by atoms with E-state index in [1.165, 1.54) is 56.7 Å². The molecule has 0 bridgehead atoms. The largest absolute Gasteiger partial charge is 0.297 e. The first-order valence-corrected chi connectivity index (χ1v) is 6.70. The summed E-state index contributed by atoms with van der Waals surface area (Å²) in [6.45, 7) is 3.22. The monoisotopic (exact) mass is 245 g/mol. The van der Waals surface area contributed by atoms with Gasteiger partial charge in [0.05, 0.1) is 0 Å². The van der Waals surface area contributed by atoms with Gasteiger partial charge in [0, 0.05) is 18.1 Å². The van der Waals surface area contributed by atoms with Crippen LogP contribution in [0.3, 0.4) is 0 Å². The van der Waals surface area contributed by atoms with Crippen LogP contribution < -0.4 is 0 Å². The fraction of sp³-hybridized carbons (Fsp3) is 0.800. The first-order chi connectivity index (χ1) is 7.36. The van der Waals surface area contributed by atoms with E-state index in [0.717, 1.165) is 16.6 Å². The lowest BCUT2D eigenvalue weighted by Gasteiger charge is -2.23. The smallest absolute Gasteiger partial charge is 0.138 e. The highest BCUT2D eigenvalue weighted by Gasteiger charge is 2.12. The van der Waals surface area contributed by atoms with E-state index in [1.54, 1.807) is 0 Å². The topological polar surface area (TPSA) is 29.0 Å². The molecule has 0 spiro atoms. The van der Waals surface area contributed by atoms with Gasteiger partial charge in [-0.2, -0.15) is 0 Å². The molecule has 0 aliphatic carbocycles. The Morgan fingerprint density at radius 1 is 1.13 bits per heavy atom. The zero-order valence-corrected chi connectivity index (χ0v) is 10.4. The van der Waals surface area contributed by atoms with E-state index in [2.05, 4.69) is 14.5 Å². The van der Waals surface area contributed by atoms with E-state index in [1.807, 2.05) is 0 Å². The van der Waals surface area contributed by atoms with Crippen LogP contribution in [0.25, 0.3) is 0 Å². The molecule has 1 saturated heterocycles. The summed E-state index contributed by atoms with van der Waals surface area (Å²) in [5.74, 6) is 0. The maximum Gasteiger partial charge on any atom is 0.138 e. The minimum Gasteiger partial charge on any atom is -0.297 e. The molecular weight excluding hydrogens is 230 g/mol. The molecule has 1 fully saturated rings. The van der Waals surface area contributed by atoms with Gasteiger partial charge < -0.3 is 0 Å². The van der Waals surface area contributed by atoms with E-state index in [0.29, 0.717) is 0 Å². The Morgan fingerprint density at radius 3 is 2.40 bits per heavy atom. The van der Waals surface area contributed by atoms with Gasteiger partial charge in [-0.3, -0.25) is 4.90 Å². The van der Waals surface area contributed by atoms with Crippen LogP contribution in [0.5, 0.6) is 0 Å². The normalized spacial score (nSPS) is 19.8. The van der Waals surface area contributed by atoms with Crippen LogP contribution in [-0.4, -0.2) is 27.6 Å². The maximum atomic E-state index is 6.00. The fourth-order valence-electron chi connectivity index (χ4n) is 1.97. The zero-order valence-electron chi connectivity index (χ0n) is 8.78. The van der Waals surface area contributed by atoms with Crippen molar-refractivity contribution in [2.24, 2.45) is 0 Å². The Hall–Kier alpha value is -0.190. The Balaban J connectivity index is 1.89. The van der Waals surface area contributed by atoms with Crippen LogP contribution in [0, 0.1) is 0 Å². The van der Waals surface area contributed by atoms with E-state index in [4.69, 9.17) is 11.6 Å². The van der Waals surface area contributed by atoms with Gasteiger partial charge in [-0.15, -0.1) is 5.10 Å². The van der Waals surface area contributed by atoms with Crippen molar-refractivity contribution in [3.8, 4) is 0 Å².